The normalized spacial score (nSPS) is 27.9. The first kappa shape index (κ1) is 10.7. The average Bonchev–Trinajstić information content (AvgIpc) is 2.36. The van der Waals surface area contributed by atoms with Crippen molar-refractivity contribution in [3.8, 4) is 0 Å². The van der Waals surface area contributed by atoms with Gasteiger partial charge >= 0.3 is 0 Å². The summed E-state index contributed by atoms with van der Waals surface area (Å²) in [6.07, 6.45) is 2.69. The van der Waals surface area contributed by atoms with Gasteiger partial charge < -0.3 is 0 Å². The molecule has 1 saturated carbocycles. The second kappa shape index (κ2) is 3.39. The lowest BCUT2D eigenvalue weighted by molar-refractivity contribution is 0.804. The summed E-state index contributed by atoms with van der Waals surface area (Å²) in [7, 11) is 0. The third kappa shape index (κ3) is 3.55. The second-order valence-corrected chi connectivity index (χ2v) is 7.19. The number of nitrogens with zero attached hydrogens (tertiary/aromatic N) is 1. The molecule has 0 aromatic rings. The maximum Gasteiger partial charge on any atom is 0.126 e. The first-order valence-electron chi connectivity index (χ1n) is 3.91. The average molecular weight is 226 g/mol. The van der Waals surface area contributed by atoms with Crippen molar-refractivity contribution in [3.63, 3.8) is 0 Å². The molecule has 1 nitrogen and oxygen atoms in total. The van der Waals surface area contributed by atoms with Crippen LogP contribution in [0, 0.1) is 5.92 Å². The zero-order valence-electron chi connectivity index (χ0n) is 7.47. The van der Waals surface area contributed by atoms with Crippen molar-refractivity contribution in [2.24, 2.45) is 10.3 Å². The molecule has 0 spiro atoms. The first-order chi connectivity index (χ1) is 5.31. The van der Waals surface area contributed by atoms with Crippen LogP contribution in [0.3, 0.4) is 0 Å². The van der Waals surface area contributed by atoms with Gasteiger partial charge in [-0.3, -0.25) is 0 Å². The van der Waals surface area contributed by atoms with Gasteiger partial charge in [0.15, 0.2) is 0 Å². The molecular formula is C8H13Cl2NS. The third-order valence-corrected chi connectivity index (χ3v) is 3.09. The van der Waals surface area contributed by atoms with Gasteiger partial charge in [-0.2, -0.15) is 0 Å². The Morgan fingerprint density at radius 3 is 2.33 bits per heavy atom. The van der Waals surface area contributed by atoms with Crippen LogP contribution in [0.4, 0.5) is 0 Å². The van der Waals surface area contributed by atoms with Gasteiger partial charge in [0.2, 0.25) is 0 Å². The second-order valence-electron chi connectivity index (χ2n) is 4.03. The van der Waals surface area contributed by atoms with Crippen LogP contribution in [0.1, 0.15) is 27.2 Å². The Hall–Kier alpha value is 0.600. The van der Waals surface area contributed by atoms with E-state index in [-0.39, 0.29) is 10.7 Å². The highest BCUT2D eigenvalue weighted by atomic mass is 35.5. The quantitative estimate of drug-likeness (QED) is 0.397. The molecule has 70 valence electrons. The minimum atomic E-state index is -0.526. The molecule has 1 aliphatic rings. The molecule has 0 bridgehead atoms. The molecule has 4 heteroatoms. The summed E-state index contributed by atoms with van der Waals surface area (Å²) < 4.78 is 3.87. The lowest BCUT2D eigenvalue weighted by atomic mass is 10.3. The fraction of sp³-hybridized carbons (Fsp3) is 0.875. The summed E-state index contributed by atoms with van der Waals surface area (Å²) in [4.78, 5) is 0. The van der Waals surface area contributed by atoms with Gasteiger partial charge in [-0.25, -0.2) is 4.40 Å². The summed E-state index contributed by atoms with van der Waals surface area (Å²) in [5.41, 5.74) is 0. The molecule has 1 atom stereocenters. The van der Waals surface area contributed by atoms with E-state index >= 15 is 0 Å². The highest BCUT2D eigenvalue weighted by Gasteiger charge is 2.50. The zero-order chi connectivity index (χ0) is 9.41. The Bertz CT molecular complexity index is 196. The number of hydrogen-bond donors (Lipinski definition) is 0. The zero-order valence-corrected chi connectivity index (χ0v) is 9.80. The van der Waals surface area contributed by atoms with Crippen molar-refractivity contribution < 1.29 is 0 Å². The van der Waals surface area contributed by atoms with Gasteiger partial charge in [-0.1, -0.05) is 0 Å². The van der Waals surface area contributed by atoms with Crippen LogP contribution >= 0.6 is 35.1 Å². The monoisotopic (exact) mass is 225 g/mol. The molecule has 0 unspecified atom stereocenters. The summed E-state index contributed by atoms with van der Waals surface area (Å²) in [5.74, 6) is 0.260. The van der Waals surface area contributed by atoms with Crippen molar-refractivity contribution in [2.45, 2.75) is 36.3 Å². The largest absolute Gasteiger partial charge is 0.228 e. The maximum absolute atomic E-state index is 5.82. The van der Waals surface area contributed by atoms with Gasteiger partial charge in [0.05, 0.1) is 0 Å². The number of rotatable bonds is 2. The molecule has 0 amide bonds. The molecule has 0 aliphatic heterocycles. The minimum Gasteiger partial charge on any atom is -0.228 e. The van der Waals surface area contributed by atoms with E-state index in [4.69, 9.17) is 23.2 Å². The summed E-state index contributed by atoms with van der Waals surface area (Å²) in [5, 5.41) is 0. The smallest absolute Gasteiger partial charge is 0.126 e. The molecule has 0 aromatic carbocycles. The summed E-state index contributed by atoms with van der Waals surface area (Å²) in [6, 6.07) is 0. The molecule has 1 fully saturated rings. The van der Waals surface area contributed by atoms with Gasteiger partial charge in [0, 0.05) is 16.9 Å². The molecule has 0 aromatic heterocycles. The predicted molar refractivity (Wildman–Crippen MR) is 58.4 cm³/mol. The summed E-state index contributed by atoms with van der Waals surface area (Å²) >= 11 is 13.2. The van der Waals surface area contributed by atoms with Crippen molar-refractivity contribution in [2.75, 3.05) is 0 Å². The number of alkyl halides is 2. The standard InChI is InChI=1S/C8H13Cl2NS/c1-7(2,3)12-11-5-6-4-8(6,9)10/h5-6H,4H2,1-3H3/t6-/m0/s1. The van der Waals surface area contributed by atoms with Crippen molar-refractivity contribution >= 4 is 41.4 Å². The molecule has 1 rings (SSSR count). The van der Waals surface area contributed by atoms with Crippen LogP contribution in [-0.2, 0) is 0 Å². The fourth-order valence-corrected chi connectivity index (χ4v) is 1.63. The highest BCUT2D eigenvalue weighted by Crippen LogP contribution is 2.52. The molecule has 0 heterocycles. The van der Waals surface area contributed by atoms with Crippen LogP contribution in [0.15, 0.2) is 4.40 Å². The highest BCUT2D eigenvalue weighted by molar-refractivity contribution is 7.99. The van der Waals surface area contributed by atoms with E-state index in [0.29, 0.717) is 0 Å². The van der Waals surface area contributed by atoms with Crippen LogP contribution < -0.4 is 0 Å². The van der Waals surface area contributed by atoms with E-state index in [0.717, 1.165) is 6.42 Å². The topological polar surface area (TPSA) is 12.4 Å². The first-order valence-corrected chi connectivity index (χ1v) is 5.44. The molecule has 0 radical (unpaired) electrons. The van der Waals surface area contributed by atoms with Crippen LogP contribution in [-0.4, -0.2) is 15.3 Å². The lowest BCUT2D eigenvalue weighted by Gasteiger charge is -2.12. The van der Waals surface area contributed by atoms with E-state index in [1.807, 2.05) is 6.21 Å². The minimum absolute atomic E-state index is 0.173. The molecule has 1 aliphatic carbocycles. The third-order valence-electron chi connectivity index (χ3n) is 1.44. The van der Waals surface area contributed by atoms with E-state index in [2.05, 4.69) is 25.2 Å². The van der Waals surface area contributed by atoms with E-state index < -0.39 is 4.33 Å². The van der Waals surface area contributed by atoms with Crippen LogP contribution in [0.2, 0.25) is 0 Å². The van der Waals surface area contributed by atoms with E-state index in [9.17, 15) is 0 Å². The van der Waals surface area contributed by atoms with Gasteiger partial charge in [-0.15, -0.1) is 23.2 Å². The Morgan fingerprint density at radius 1 is 1.50 bits per heavy atom. The van der Waals surface area contributed by atoms with Crippen molar-refractivity contribution in [3.05, 3.63) is 0 Å². The van der Waals surface area contributed by atoms with E-state index in [1.165, 1.54) is 0 Å². The Kier molecular flexibility index (Phi) is 3.02. The maximum atomic E-state index is 5.82. The van der Waals surface area contributed by atoms with E-state index in [1.54, 1.807) is 11.9 Å². The summed E-state index contributed by atoms with van der Waals surface area (Å²) in [6.45, 7) is 6.36. The van der Waals surface area contributed by atoms with Gasteiger partial charge in [-0.05, 0) is 39.1 Å². The predicted octanol–water partition coefficient (Wildman–Crippen LogP) is 3.70. The Labute approximate surface area is 88.0 Å². The fourth-order valence-electron chi connectivity index (χ4n) is 0.658. The molecule has 0 saturated heterocycles. The molecule has 12 heavy (non-hydrogen) atoms. The van der Waals surface area contributed by atoms with Gasteiger partial charge in [0.1, 0.15) is 4.33 Å². The Balaban J connectivity index is 2.25. The van der Waals surface area contributed by atoms with Crippen LogP contribution in [0.25, 0.3) is 0 Å². The Morgan fingerprint density at radius 2 is 2.00 bits per heavy atom. The SMILES string of the molecule is CC(C)(C)SN=C[C@@H]1CC1(Cl)Cl. The van der Waals surface area contributed by atoms with Gasteiger partial charge in [0.25, 0.3) is 0 Å². The molecule has 0 N–H and O–H groups in total. The van der Waals surface area contributed by atoms with Crippen molar-refractivity contribution in [1.29, 1.82) is 0 Å². The lowest BCUT2D eigenvalue weighted by Crippen LogP contribution is -2.05. The molecular weight excluding hydrogens is 213 g/mol. The number of halogens is 2. The van der Waals surface area contributed by atoms with Crippen LogP contribution in [0.5, 0.6) is 0 Å². The van der Waals surface area contributed by atoms with Crippen molar-refractivity contribution in [1.82, 2.24) is 0 Å². The number of hydrogen-bond acceptors (Lipinski definition) is 2.